The summed E-state index contributed by atoms with van der Waals surface area (Å²) in [6, 6.07) is 7.68. The van der Waals surface area contributed by atoms with Crippen LogP contribution >= 0.6 is 50.7 Å². The Hall–Kier alpha value is -0.480. The maximum absolute atomic E-state index is 13.8. The quantitative estimate of drug-likeness (QED) is 0.567. The molecule has 0 aliphatic carbocycles. The van der Waals surface area contributed by atoms with Crippen LogP contribution in [0.1, 0.15) is 18.5 Å². The van der Waals surface area contributed by atoms with Gasteiger partial charge in [-0.05, 0) is 37.3 Å². The van der Waals surface area contributed by atoms with Gasteiger partial charge in [-0.1, -0.05) is 50.7 Å². The average Bonchev–Trinajstić information content (AvgIpc) is 2.38. The van der Waals surface area contributed by atoms with Crippen LogP contribution in [0, 0.1) is 5.82 Å². The van der Waals surface area contributed by atoms with Crippen molar-refractivity contribution >= 4 is 56.4 Å². The third-order valence-corrected chi connectivity index (χ3v) is 4.33. The summed E-state index contributed by atoms with van der Waals surface area (Å²) >= 11 is 21.3. The van der Waals surface area contributed by atoms with Crippen LogP contribution in [0.25, 0.3) is 0 Å². The first-order chi connectivity index (χ1) is 9.38. The Labute approximate surface area is 140 Å². The topological polar surface area (TPSA) is 12.0 Å². The predicted molar refractivity (Wildman–Crippen MR) is 87.6 cm³/mol. The lowest BCUT2D eigenvalue weighted by Gasteiger charge is -2.18. The summed E-state index contributed by atoms with van der Waals surface area (Å²) in [5, 5.41) is 4.33. The smallest absolute Gasteiger partial charge is 0.128 e. The van der Waals surface area contributed by atoms with E-state index in [1.807, 2.05) is 6.92 Å². The van der Waals surface area contributed by atoms with E-state index in [0.29, 0.717) is 26.3 Å². The maximum Gasteiger partial charge on any atom is 0.128 e. The summed E-state index contributed by atoms with van der Waals surface area (Å²) in [5.74, 6) is -0.288. The van der Waals surface area contributed by atoms with Gasteiger partial charge in [0.05, 0.1) is 26.8 Å². The third kappa shape index (κ3) is 3.59. The minimum atomic E-state index is -0.288. The second-order valence-electron chi connectivity index (χ2n) is 4.28. The molecule has 1 N–H and O–H groups in total. The predicted octanol–water partition coefficient (Wildman–Crippen LogP) is 6.72. The lowest BCUT2D eigenvalue weighted by atomic mass is 10.1. The van der Waals surface area contributed by atoms with Crippen LogP contribution < -0.4 is 5.32 Å². The van der Waals surface area contributed by atoms with Gasteiger partial charge < -0.3 is 5.32 Å². The third-order valence-electron chi connectivity index (χ3n) is 2.81. The highest BCUT2D eigenvalue weighted by molar-refractivity contribution is 9.10. The van der Waals surface area contributed by atoms with Crippen molar-refractivity contribution in [1.82, 2.24) is 0 Å². The molecular formula is C14H10BrCl3FN. The minimum absolute atomic E-state index is 0.276. The molecule has 0 spiro atoms. The Morgan fingerprint density at radius 1 is 1.05 bits per heavy atom. The van der Waals surface area contributed by atoms with Crippen LogP contribution in [-0.2, 0) is 0 Å². The molecule has 0 fully saturated rings. The maximum atomic E-state index is 13.8. The van der Waals surface area contributed by atoms with Crippen LogP contribution in [-0.4, -0.2) is 0 Å². The van der Waals surface area contributed by atoms with Crippen molar-refractivity contribution in [3.8, 4) is 0 Å². The van der Waals surface area contributed by atoms with Crippen LogP contribution in [0.15, 0.2) is 34.8 Å². The van der Waals surface area contributed by atoms with E-state index in [2.05, 4.69) is 21.2 Å². The van der Waals surface area contributed by atoms with E-state index in [0.717, 1.165) is 4.47 Å². The first kappa shape index (κ1) is 15.9. The lowest BCUT2D eigenvalue weighted by Crippen LogP contribution is -2.09. The molecule has 0 radical (unpaired) electrons. The number of benzene rings is 2. The molecule has 0 aliphatic rings. The van der Waals surface area contributed by atoms with Crippen molar-refractivity contribution in [3.05, 3.63) is 61.3 Å². The zero-order chi connectivity index (χ0) is 14.9. The van der Waals surface area contributed by atoms with Crippen molar-refractivity contribution in [2.24, 2.45) is 0 Å². The molecule has 0 aromatic heterocycles. The van der Waals surface area contributed by atoms with E-state index in [4.69, 9.17) is 34.8 Å². The molecule has 2 aromatic carbocycles. The molecule has 0 saturated heterocycles. The largest absolute Gasteiger partial charge is 0.377 e. The lowest BCUT2D eigenvalue weighted by molar-refractivity contribution is 0.600. The first-order valence-electron chi connectivity index (χ1n) is 5.74. The van der Waals surface area contributed by atoms with Gasteiger partial charge in [0.25, 0.3) is 0 Å². The molecule has 2 aromatic rings. The first-order valence-corrected chi connectivity index (χ1v) is 7.67. The molecule has 0 amide bonds. The Morgan fingerprint density at radius 2 is 1.70 bits per heavy atom. The molecule has 6 heteroatoms. The fourth-order valence-electron chi connectivity index (χ4n) is 1.79. The summed E-state index contributed by atoms with van der Waals surface area (Å²) < 4.78 is 14.6. The Kier molecular flexibility index (Phi) is 5.19. The fraction of sp³-hybridized carbons (Fsp3) is 0.143. The van der Waals surface area contributed by atoms with E-state index < -0.39 is 0 Å². The van der Waals surface area contributed by atoms with Crippen LogP contribution in [0.3, 0.4) is 0 Å². The van der Waals surface area contributed by atoms with E-state index >= 15 is 0 Å². The SMILES string of the molecule is CC(Nc1cc(Cl)c(Cl)cc1Cl)c1cc(Br)ccc1F. The summed E-state index contributed by atoms with van der Waals surface area (Å²) in [6.07, 6.45) is 0. The summed E-state index contributed by atoms with van der Waals surface area (Å²) in [7, 11) is 0. The van der Waals surface area contributed by atoms with Gasteiger partial charge >= 0.3 is 0 Å². The molecule has 1 nitrogen and oxygen atoms in total. The monoisotopic (exact) mass is 395 g/mol. The van der Waals surface area contributed by atoms with Gasteiger partial charge in [-0.2, -0.15) is 0 Å². The molecule has 0 bridgehead atoms. The Morgan fingerprint density at radius 3 is 2.40 bits per heavy atom. The van der Waals surface area contributed by atoms with Gasteiger partial charge in [-0.25, -0.2) is 4.39 Å². The number of anilines is 1. The van der Waals surface area contributed by atoms with E-state index in [9.17, 15) is 4.39 Å². The second-order valence-corrected chi connectivity index (χ2v) is 6.42. The number of hydrogen-bond acceptors (Lipinski definition) is 1. The summed E-state index contributed by atoms with van der Waals surface area (Å²) in [4.78, 5) is 0. The average molecular weight is 398 g/mol. The molecule has 0 saturated carbocycles. The number of hydrogen-bond donors (Lipinski definition) is 1. The molecule has 20 heavy (non-hydrogen) atoms. The van der Waals surface area contributed by atoms with Gasteiger partial charge in [-0.3, -0.25) is 0 Å². The molecule has 0 heterocycles. The summed E-state index contributed by atoms with van der Waals surface area (Å²) in [5.41, 5.74) is 1.13. The second kappa shape index (κ2) is 6.52. The van der Waals surface area contributed by atoms with Crippen molar-refractivity contribution in [2.45, 2.75) is 13.0 Å². The Balaban J connectivity index is 2.30. The number of rotatable bonds is 3. The highest BCUT2D eigenvalue weighted by atomic mass is 79.9. The molecule has 1 unspecified atom stereocenters. The van der Waals surface area contributed by atoms with Gasteiger partial charge in [0.2, 0.25) is 0 Å². The van der Waals surface area contributed by atoms with Crippen molar-refractivity contribution in [3.63, 3.8) is 0 Å². The van der Waals surface area contributed by atoms with Gasteiger partial charge in [0, 0.05) is 10.0 Å². The summed E-state index contributed by atoms with van der Waals surface area (Å²) in [6.45, 7) is 1.84. The van der Waals surface area contributed by atoms with Crippen molar-refractivity contribution < 1.29 is 4.39 Å². The van der Waals surface area contributed by atoms with Gasteiger partial charge in [0.1, 0.15) is 5.82 Å². The zero-order valence-electron chi connectivity index (χ0n) is 10.4. The van der Waals surface area contributed by atoms with Gasteiger partial charge in [0.15, 0.2) is 0 Å². The van der Waals surface area contributed by atoms with Crippen molar-refractivity contribution in [2.75, 3.05) is 5.32 Å². The normalized spacial score (nSPS) is 12.3. The zero-order valence-corrected chi connectivity index (χ0v) is 14.2. The molecular weight excluding hydrogens is 387 g/mol. The van der Waals surface area contributed by atoms with Crippen LogP contribution in [0.2, 0.25) is 15.1 Å². The Bertz CT molecular complexity index is 649. The molecule has 0 aliphatic heterocycles. The van der Waals surface area contributed by atoms with Gasteiger partial charge in [-0.15, -0.1) is 0 Å². The van der Waals surface area contributed by atoms with Crippen molar-refractivity contribution in [1.29, 1.82) is 0 Å². The van der Waals surface area contributed by atoms with E-state index in [1.165, 1.54) is 6.07 Å². The van der Waals surface area contributed by atoms with Crippen LogP contribution in [0.4, 0.5) is 10.1 Å². The standard InChI is InChI=1S/C14H10BrCl3FN/c1-7(9-4-8(15)2-3-13(9)19)20-14-6-11(17)10(16)5-12(14)18/h2-7,20H,1H3. The number of halogens is 5. The van der Waals surface area contributed by atoms with Crippen LogP contribution in [0.5, 0.6) is 0 Å². The van der Waals surface area contributed by atoms with E-state index in [-0.39, 0.29) is 11.9 Å². The fourth-order valence-corrected chi connectivity index (χ4v) is 2.77. The molecule has 106 valence electrons. The van der Waals surface area contributed by atoms with E-state index in [1.54, 1.807) is 24.3 Å². The highest BCUT2D eigenvalue weighted by Gasteiger charge is 2.14. The minimum Gasteiger partial charge on any atom is -0.377 e. The molecule has 1 atom stereocenters. The molecule has 2 rings (SSSR count). The highest BCUT2D eigenvalue weighted by Crippen LogP contribution is 2.34. The number of nitrogens with one attached hydrogen (secondary N) is 1.